The number of hydrogen-bond acceptors (Lipinski definition) is 1. The molecule has 1 heteroatoms. The summed E-state index contributed by atoms with van der Waals surface area (Å²) in [5.74, 6) is 0.736. The lowest BCUT2D eigenvalue weighted by molar-refractivity contribution is 0.455. The van der Waals surface area contributed by atoms with E-state index in [4.69, 9.17) is 0 Å². The molecule has 60 valence electrons. The average Bonchev–Trinajstić information content (AvgIpc) is 1.87. The Morgan fingerprint density at radius 2 is 2.00 bits per heavy atom. The average molecular weight is 141 g/mol. The van der Waals surface area contributed by atoms with Crippen molar-refractivity contribution in [2.75, 3.05) is 20.6 Å². The molecule has 0 heterocycles. The predicted molar refractivity (Wildman–Crippen MR) is 47.1 cm³/mol. The largest absolute Gasteiger partial charge is 0.306 e. The van der Waals surface area contributed by atoms with Crippen LogP contribution in [0.25, 0.3) is 0 Å². The van der Waals surface area contributed by atoms with Gasteiger partial charge in [-0.3, -0.25) is 0 Å². The molecule has 0 radical (unpaired) electrons. The zero-order valence-corrected chi connectivity index (χ0v) is 7.59. The van der Waals surface area contributed by atoms with E-state index in [-0.39, 0.29) is 0 Å². The minimum absolute atomic E-state index is 0.736. The normalized spacial score (nSPS) is 14.9. The molecule has 10 heavy (non-hydrogen) atoms. The van der Waals surface area contributed by atoms with Crippen LogP contribution in [0.4, 0.5) is 0 Å². The van der Waals surface area contributed by atoms with Crippen LogP contribution in [0.3, 0.4) is 0 Å². The molecule has 0 amide bonds. The summed E-state index contributed by atoms with van der Waals surface area (Å²) in [6.45, 7) is 5.52. The zero-order valence-electron chi connectivity index (χ0n) is 7.59. The molecule has 0 saturated heterocycles. The second-order valence-electron chi connectivity index (χ2n) is 3.08. The molecule has 1 unspecified atom stereocenters. The Morgan fingerprint density at radius 3 is 2.40 bits per heavy atom. The Bertz CT molecular complexity index is 94.9. The zero-order chi connectivity index (χ0) is 7.98. The number of likely N-dealkylation sites (N-methyl/N-ethyl adjacent to an activating group) is 1. The SMILES string of the molecule is CCC(C)/C=C/CN(C)C. The van der Waals surface area contributed by atoms with Gasteiger partial charge in [0.1, 0.15) is 0 Å². The topological polar surface area (TPSA) is 3.24 Å². The first-order valence-electron chi connectivity index (χ1n) is 3.98. The van der Waals surface area contributed by atoms with Crippen LogP contribution in [0, 0.1) is 5.92 Å². The Balaban J connectivity index is 3.36. The Labute approximate surface area is 64.7 Å². The summed E-state index contributed by atoms with van der Waals surface area (Å²) in [5.41, 5.74) is 0. The molecule has 0 aliphatic carbocycles. The van der Waals surface area contributed by atoms with E-state index in [9.17, 15) is 0 Å². The molecule has 0 rings (SSSR count). The lowest BCUT2D eigenvalue weighted by atomic mass is 10.1. The number of hydrogen-bond donors (Lipinski definition) is 0. The molecule has 0 fully saturated rings. The lowest BCUT2D eigenvalue weighted by Gasteiger charge is -2.05. The standard InChI is InChI=1S/C9H19N/c1-5-9(2)7-6-8-10(3)4/h6-7,9H,5,8H2,1-4H3/b7-6+. The van der Waals surface area contributed by atoms with Crippen LogP contribution in [0.5, 0.6) is 0 Å². The molecule has 0 aromatic heterocycles. The van der Waals surface area contributed by atoms with Crippen LogP contribution in [-0.2, 0) is 0 Å². The highest BCUT2D eigenvalue weighted by Crippen LogP contribution is 2.01. The maximum atomic E-state index is 2.28. The number of nitrogens with zero attached hydrogens (tertiary/aromatic N) is 1. The van der Waals surface area contributed by atoms with E-state index < -0.39 is 0 Å². The molecule has 0 bridgehead atoms. The van der Waals surface area contributed by atoms with Gasteiger partial charge in [0.25, 0.3) is 0 Å². The smallest absolute Gasteiger partial charge is 0.0157 e. The van der Waals surface area contributed by atoms with Crippen molar-refractivity contribution in [1.82, 2.24) is 4.90 Å². The van der Waals surface area contributed by atoms with E-state index in [0.717, 1.165) is 12.5 Å². The lowest BCUT2D eigenvalue weighted by Crippen LogP contribution is -2.10. The van der Waals surface area contributed by atoms with Crippen molar-refractivity contribution in [2.45, 2.75) is 20.3 Å². The second kappa shape index (κ2) is 5.48. The van der Waals surface area contributed by atoms with Gasteiger partial charge in [-0.15, -0.1) is 0 Å². The van der Waals surface area contributed by atoms with E-state index in [0.29, 0.717) is 0 Å². The fraction of sp³-hybridized carbons (Fsp3) is 0.778. The first-order valence-corrected chi connectivity index (χ1v) is 3.98. The van der Waals surface area contributed by atoms with Gasteiger partial charge in [0, 0.05) is 6.54 Å². The molecule has 1 nitrogen and oxygen atoms in total. The van der Waals surface area contributed by atoms with Gasteiger partial charge in [-0.05, 0) is 20.0 Å². The summed E-state index contributed by atoms with van der Waals surface area (Å²) < 4.78 is 0. The van der Waals surface area contributed by atoms with E-state index in [2.05, 4.69) is 45.0 Å². The molecule has 0 aromatic carbocycles. The Kier molecular flexibility index (Phi) is 5.32. The van der Waals surface area contributed by atoms with Crippen LogP contribution in [0.1, 0.15) is 20.3 Å². The van der Waals surface area contributed by atoms with E-state index in [1.165, 1.54) is 6.42 Å². The third-order valence-corrected chi connectivity index (χ3v) is 1.58. The van der Waals surface area contributed by atoms with Gasteiger partial charge in [-0.2, -0.15) is 0 Å². The third kappa shape index (κ3) is 5.83. The maximum absolute atomic E-state index is 2.28. The number of allylic oxidation sites excluding steroid dienone is 1. The summed E-state index contributed by atoms with van der Waals surface area (Å²) in [6, 6.07) is 0. The minimum Gasteiger partial charge on any atom is -0.306 e. The molecular weight excluding hydrogens is 122 g/mol. The van der Waals surface area contributed by atoms with Crippen LogP contribution < -0.4 is 0 Å². The fourth-order valence-corrected chi connectivity index (χ4v) is 0.640. The summed E-state index contributed by atoms with van der Waals surface area (Å²) in [5, 5.41) is 0. The molecule has 1 atom stereocenters. The van der Waals surface area contributed by atoms with Gasteiger partial charge in [-0.25, -0.2) is 0 Å². The van der Waals surface area contributed by atoms with E-state index in [1.54, 1.807) is 0 Å². The summed E-state index contributed by atoms with van der Waals surface area (Å²) in [7, 11) is 4.17. The second-order valence-corrected chi connectivity index (χ2v) is 3.08. The summed E-state index contributed by atoms with van der Waals surface area (Å²) in [4.78, 5) is 2.17. The molecule has 0 N–H and O–H groups in total. The molecule has 0 aliphatic rings. The van der Waals surface area contributed by atoms with Crippen molar-refractivity contribution in [2.24, 2.45) is 5.92 Å². The first-order chi connectivity index (χ1) is 4.66. The van der Waals surface area contributed by atoms with Crippen LogP contribution >= 0.6 is 0 Å². The third-order valence-electron chi connectivity index (χ3n) is 1.58. The van der Waals surface area contributed by atoms with Crippen LogP contribution in [-0.4, -0.2) is 25.5 Å². The molecule has 0 aromatic rings. The molecule has 0 saturated carbocycles. The van der Waals surface area contributed by atoms with Crippen molar-refractivity contribution in [1.29, 1.82) is 0 Å². The van der Waals surface area contributed by atoms with Crippen LogP contribution in [0.15, 0.2) is 12.2 Å². The monoisotopic (exact) mass is 141 g/mol. The summed E-state index contributed by atoms with van der Waals surface area (Å²) in [6.07, 6.45) is 5.75. The van der Waals surface area contributed by atoms with Crippen molar-refractivity contribution >= 4 is 0 Å². The molecule has 0 aliphatic heterocycles. The Morgan fingerprint density at radius 1 is 1.40 bits per heavy atom. The predicted octanol–water partition coefficient (Wildman–Crippen LogP) is 2.15. The van der Waals surface area contributed by atoms with Gasteiger partial charge in [-0.1, -0.05) is 32.4 Å². The van der Waals surface area contributed by atoms with Crippen molar-refractivity contribution < 1.29 is 0 Å². The van der Waals surface area contributed by atoms with Crippen LogP contribution in [0.2, 0.25) is 0 Å². The van der Waals surface area contributed by atoms with Gasteiger partial charge < -0.3 is 4.90 Å². The van der Waals surface area contributed by atoms with Crippen molar-refractivity contribution in [3.8, 4) is 0 Å². The van der Waals surface area contributed by atoms with E-state index >= 15 is 0 Å². The van der Waals surface area contributed by atoms with E-state index in [1.807, 2.05) is 0 Å². The molecule has 0 spiro atoms. The highest BCUT2D eigenvalue weighted by atomic mass is 15.0. The minimum atomic E-state index is 0.736. The number of rotatable bonds is 4. The van der Waals surface area contributed by atoms with Crippen molar-refractivity contribution in [3.63, 3.8) is 0 Å². The highest BCUT2D eigenvalue weighted by Gasteiger charge is 1.89. The maximum Gasteiger partial charge on any atom is 0.0157 e. The Hall–Kier alpha value is -0.300. The summed E-state index contributed by atoms with van der Waals surface area (Å²) >= 11 is 0. The van der Waals surface area contributed by atoms with Crippen molar-refractivity contribution in [3.05, 3.63) is 12.2 Å². The van der Waals surface area contributed by atoms with Gasteiger partial charge >= 0.3 is 0 Å². The first kappa shape index (κ1) is 9.70. The fourth-order valence-electron chi connectivity index (χ4n) is 0.640. The van der Waals surface area contributed by atoms with Gasteiger partial charge in [0.15, 0.2) is 0 Å². The van der Waals surface area contributed by atoms with Gasteiger partial charge in [0.05, 0.1) is 0 Å². The molecular formula is C9H19N. The van der Waals surface area contributed by atoms with Gasteiger partial charge in [0.2, 0.25) is 0 Å². The highest BCUT2D eigenvalue weighted by molar-refractivity contribution is 4.87. The quantitative estimate of drug-likeness (QED) is 0.542.